The summed E-state index contributed by atoms with van der Waals surface area (Å²) in [5.41, 5.74) is 12.2. The smallest absolute Gasteiger partial charge is 0.124 e. The lowest BCUT2D eigenvalue weighted by atomic mass is 10.0. The van der Waals surface area contributed by atoms with E-state index >= 15 is 0 Å². The standard InChI is InChI=1S/C16H12N2/c17-15-8-6-10-5-7-13-12-4-2-1-3-11(12)9-14(13)16(10)18-15/h1-8H,9H2,(H2,17,18). The van der Waals surface area contributed by atoms with Gasteiger partial charge in [-0.2, -0.15) is 0 Å². The lowest BCUT2D eigenvalue weighted by molar-refractivity contribution is 1.26. The number of nitrogen functional groups attached to an aromatic ring is 1. The molecule has 0 fully saturated rings. The summed E-state index contributed by atoms with van der Waals surface area (Å²) in [6.07, 6.45) is 0.958. The van der Waals surface area contributed by atoms with Crippen LogP contribution in [0.2, 0.25) is 0 Å². The van der Waals surface area contributed by atoms with Gasteiger partial charge in [0.2, 0.25) is 0 Å². The Morgan fingerprint density at radius 3 is 2.67 bits per heavy atom. The molecule has 2 N–H and O–H groups in total. The second-order valence-corrected chi connectivity index (χ2v) is 4.73. The number of hydrogen-bond donors (Lipinski definition) is 1. The van der Waals surface area contributed by atoms with E-state index in [1.54, 1.807) is 0 Å². The van der Waals surface area contributed by atoms with Crippen LogP contribution < -0.4 is 5.73 Å². The van der Waals surface area contributed by atoms with Crippen LogP contribution >= 0.6 is 0 Å². The van der Waals surface area contributed by atoms with Crippen LogP contribution in [0.5, 0.6) is 0 Å². The third-order valence-corrected chi connectivity index (χ3v) is 3.66. The Morgan fingerprint density at radius 2 is 1.72 bits per heavy atom. The molecule has 0 amide bonds. The Morgan fingerprint density at radius 1 is 0.889 bits per heavy atom. The molecular weight excluding hydrogens is 220 g/mol. The van der Waals surface area contributed by atoms with Crippen LogP contribution in [0, 0.1) is 0 Å². The molecule has 18 heavy (non-hydrogen) atoms. The molecule has 0 saturated heterocycles. The van der Waals surface area contributed by atoms with E-state index in [1.807, 2.05) is 12.1 Å². The number of pyridine rings is 1. The van der Waals surface area contributed by atoms with Crippen molar-refractivity contribution in [3.05, 3.63) is 59.7 Å². The van der Waals surface area contributed by atoms with E-state index in [2.05, 4.69) is 41.4 Å². The van der Waals surface area contributed by atoms with E-state index in [0.29, 0.717) is 5.82 Å². The SMILES string of the molecule is Nc1ccc2ccc3c(c2n1)Cc1ccccc1-3. The summed E-state index contributed by atoms with van der Waals surface area (Å²) in [4.78, 5) is 4.51. The number of nitrogens with two attached hydrogens (primary N) is 1. The fraction of sp³-hybridized carbons (Fsp3) is 0.0625. The summed E-state index contributed by atoms with van der Waals surface area (Å²) in [6.45, 7) is 0. The number of nitrogens with zero attached hydrogens (tertiary/aromatic N) is 1. The number of rotatable bonds is 0. The molecule has 2 nitrogen and oxygen atoms in total. The van der Waals surface area contributed by atoms with Gasteiger partial charge in [-0.3, -0.25) is 0 Å². The zero-order valence-electron chi connectivity index (χ0n) is 9.85. The first-order valence-electron chi connectivity index (χ1n) is 6.09. The highest BCUT2D eigenvalue weighted by atomic mass is 14.8. The number of benzene rings is 2. The average molecular weight is 232 g/mol. The Labute approximate surface area is 105 Å². The van der Waals surface area contributed by atoms with Gasteiger partial charge in [0.15, 0.2) is 0 Å². The Bertz CT molecular complexity index is 775. The first kappa shape index (κ1) is 9.66. The molecule has 0 radical (unpaired) electrons. The molecule has 1 heterocycles. The second kappa shape index (κ2) is 3.33. The average Bonchev–Trinajstić information content (AvgIpc) is 2.78. The molecule has 2 aromatic carbocycles. The number of aromatic nitrogens is 1. The van der Waals surface area contributed by atoms with Crippen molar-refractivity contribution in [1.82, 2.24) is 4.98 Å². The van der Waals surface area contributed by atoms with Crippen LogP contribution in [0.3, 0.4) is 0 Å². The Kier molecular flexibility index (Phi) is 1.78. The molecule has 0 spiro atoms. The number of anilines is 1. The van der Waals surface area contributed by atoms with Crippen molar-refractivity contribution in [1.29, 1.82) is 0 Å². The highest BCUT2D eigenvalue weighted by Gasteiger charge is 2.20. The van der Waals surface area contributed by atoms with E-state index in [1.165, 1.54) is 22.3 Å². The highest BCUT2D eigenvalue weighted by Crippen LogP contribution is 2.39. The van der Waals surface area contributed by atoms with Crippen molar-refractivity contribution in [2.24, 2.45) is 0 Å². The van der Waals surface area contributed by atoms with Crippen LogP contribution in [0.1, 0.15) is 11.1 Å². The molecule has 0 unspecified atom stereocenters. The number of fused-ring (bicyclic) bond motifs is 5. The van der Waals surface area contributed by atoms with E-state index in [0.717, 1.165) is 17.3 Å². The Hall–Kier alpha value is -2.35. The minimum Gasteiger partial charge on any atom is -0.384 e. The maximum Gasteiger partial charge on any atom is 0.124 e. The summed E-state index contributed by atoms with van der Waals surface area (Å²) in [7, 11) is 0. The van der Waals surface area contributed by atoms with Gasteiger partial charge in [0.05, 0.1) is 5.52 Å². The van der Waals surface area contributed by atoms with Gasteiger partial charge in [-0.25, -0.2) is 4.98 Å². The van der Waals surface area contributed by atoms with Crippen molar-refractivity contribution < 1.29 is 0 Å². The van der Waals surface area contributed by atoms with Crippen molar-refractivity contribution >= 4 is 16.7 Å². The van der Waals surface area contributed by atoms with Crippen LogP contribution in [-0.2, 0) is 6.42 Å². The lowest BCUT2D eigenvalue weighted by Crippen LogP contribution is -1.93. The maximum absolute atomic E-state index is 5.81. The van der Waals surface area contributed by atoms with Crippen molar-refractivity contribution in [2.75, 3.05) is 5.73 Å². The molecule has 4 rings (SSSR count). The summed E-state index contributed by atoms with van der Waals surface area (Å²) in [6, 6.07) is 16.8. The summed E-state index contributed by atoms with van der Waals surface area (Å²) >= 11 is 0. The van der Waals surface area contributed by atoms with Crippen LogP contribution in [0.4, 0.5) is 5.82 Å². The van der Waals surface area contributed by atoms with E-state index in [4.69, 9.17) is 5.73 Å². The quantitative estimate of drug-likeness (QED) is 0.504. The van der Waals surface area contributed by atoms with E-state index in [-0.39, 0.29) is 0 Å². The predicted octanol–water partition coefficient (Wildman–Crippen LogP) is 3.39. The molecule has 1 aromatic heterocycles. The third-order valence-electron chi connectivity index (χ3n) is 3.66. The molecule has 86 valence electrons. The van der Waals surface area contributed by atoms with Gasteiger partial charge < -0.3 is 5.73 Å². The largest absolute Gasteiger partial charge is 0.384 e. The first-order chi connectivity index (χ1) is 8.83. The van der Waals surface area contributed by atoms with Crippen LogP contribution in [-0.4, -0.2) is 4.98 Å². The molecule has 0 aliphatic heterocycles. The lowest BCUT2D eigenvalue weighted by Gasteiger charge is -2.05. The maximum atomic E-state index is 5.81. The normalized spacial score (nSPS) is 12.4. The molecule has 2 heteroatoms. The van der Waals surface area contributed by atoms with Gasteiger partial charge in [0, 0.05) is 11.8 Å². The zero-order chi connectivity index (χ0) is 12.1. The summed E-state index contributed by atoms with van der Waals surface area (Å²) < 4.78 is 0. The Balaban J connectivity index is 2.09. The molecule has 1 aliphatic rings. The molecule has 3 aromatic rings. The van der Waals surface area contributed by atoms with Gasteiger partial charge in [0.25, 0.3) is 0 Å². The molecule has 0 atom stereocenters. The van der Waals surface area contributed by atoms with Crippen molar-refractivity contribution in [2.45, 2.75) is 6.42 Å². The fourth-order valence-corrected chi connectivity index (χ4v) is 2.82. The minimum atomic E-state index is 0.590. The molecule has 0 saturated carbocycles. The monoisotopic (exact) mass is 232 g/mol. The van der Waals surface area contributed by atoms with Crippen LogP contribution in [0.25, 0.3) is 22.0 Å². The van der Waals surface area contributed by atoms with Gasteiger partial charge in [-0.15, -0.1) is 0 Å². The predicted molar refractivity (Wildman–Crippen MR) is 74.4 cm³/mol. The summed E-state index contributed by atoms with van der Waals surface area (Å²) in [5, 5.41) is 1.16. The zero-order valence-corrected chi connectivity index (χ0v) is 9.85. The van der Waals surface area contributed by atoms with Gasteiger partial charge in [0.1, 0.15) is 5.82 Å². The number of hydrogen-bond acceptors (Lipinski definition) is 2. The third kappa shape index (κ3) is 1.20. The fourth-order valence-electron chi connectivity index (χ4n) is 2.82. The van der Waals surface area contributed by atoms with Gasteiger partial charge in [-0.1, -0.05) is 36.4 Å². The van der Waals surface area contributed by atoms with Crippen molar-refractivity contribution in [3.8, 4) is 11.1 Å². The van der Waals surface area contributed by atoms with E-state index < -0.39 is 0 Å². The summed E-state index contributed by atoms with van der Waals surface area (Å²) in [5.74, 6) is 0.590. The molecular formula is C16H12N2. The molecule has 0 bridgehead atoms. The van der Waals surface area contributed by atoms with Crippen LogP contribution in [0.15, 0.2) is 48.5 Å². The van der Waals surface area contributed by atoms with Crippen molar-refractivity contribution in [3.63, 3.8) is 0 Å². The van der Waals surface area contributed by atoms with Gasteiger partial charge in [-0.05, 0) is 34.4 Å². The highest BCUT2D eigenvalue weighted by molar-refractivity contribution is 5.93. The first-order valence-corrected chi connectivity index (χ1v) is 6.09. The van der Waals surface area contributed by atoms with Gasteiger partial charge >= 0.3 is 0 Å². The van der Waals surface area contributed by atoms with E-state index in [9.17, 15) is 0 Å². The molecule has 1 aliphatic carbocycles. The minimum absolute atomic E-state index is 0.590. The second-order valence-electron chi connectivity index (χ2n) is 4.73. The topological polar surface area (TPSA) is 38.9 Å².